The number of hydrogen-bond donors (Lipinski definition) is 2. The summed E-state index contributed by atoms with van der Waals surface area (Å²) in [6.45, 7) is 5.11. The van der Waals surface area contributed by atoms with Gasteiger partial charge < -0.3 is 10.2 Å². The van der Waals surface area contributed by atoms with E-state index in [4.69, 9.17) is 5.11 Å². The lowest BCUT2D eigenvalue weighted by molar-refractivity contribution is -0.132. The number of aliphatic hydroxyl groups excluding tert-OH is 1. The average molecular weight is 213 g/mol. The largest absolute Gasteiger partial charge is 0.478 e. The highest BCUT2D eigenvalue weighted by molar-refractivity contribution is 5.85. The first-order valence-electron chi connectivity index (χ1n) is 5.34. The first kappa shape index (κ1) is 12.2. The lowest BCUT2D eigenvalue weighted by Crippen LogP contribution is -2.46. The number of piperidine rings is 1. The van der Waals surface area contributed by atoms with Crippen LogP contribution in [-0.4, -0.2) is 46.3 Å². The maximum atomic E-state index is 10.6. The van der Waals surface area contributed by atoms with Crippen molar-refractivity contribution in [2.75, 3.05) is 13.1 Å². The zero-order valence-corrected chi connectivity index (χ0v) is 9.31. The van der Waals surface area contributed by atoms with Crippen molar-refractivity contribution in [3.63, 3.8) is 0 Å². The second kappa shape index (κ2) is 5.28. The highest BCUT2D eigenvalue weighted by Gasteiger charge is 2.25. The van der Waals surface area contributed by atoms with Crippen LogP contribution < -0.4 is 0 Å². The Hall–Kier alpha value is -0.870. The Bertz CT molecular complexity index is 263. The molecule has 0 aromatic carbocycles. The fourth-order valence-corrected chi connectivity index (χ4v) is 1.79. The van der Waals surface area contributed by atoms with E-state index in [1.54, 1.807) is 13.0 Å². The minimum absolute atomic E-state index is 0.122. The summed E-state index contributed by atoms with van der Waals surface area (Å²) in [5.41, 5.74) is 0.363. The minimum atomic E-state index is -0.875. The van der Waals surface area contributed by atoms with Crippen LogP contribution in [-0.2, 0) is 4.79 Å². The van der Waals surface area contributed by atoms with Gasteiger partial charge in [0, 0.05) is 18.2 Å². The molecule has 2 atom stereocenters. The summed E-state index contributed by atoms with van der Waals surface area (Å²) in [5.74, 6) is -0.875. The van der Waals surface area contributed by atoms with Crippen LogP contribution in [0.4, 0.5) is 0 Å². The maximum Gasteiger partial charge on any atom is 0.330 e. The number of carboxylic acids is 1. The Kier molecular flexibility index (Phi) is 4.29. The van der Waals surface area contributed by atoms with Gasteiger partial charge in [-0.1, -0.05) is 6.08 Å². The summed E-state index contributed by atoms with van der Waals surface area (Å²) in [5, 5.41) is 18.3. The van der Waals surface area contributed by atoms with Crippen LogP contribution in [0.2, 0.25) is 0 Å². The molecule has 0 amide bonds. The van der Waals surface area contributed by atoms with Crippen molar-refractivity contribution in [2.45, 2.75) is 38.8 Å². The van der Waals surface area contributed by atoms with Crippen LogP contribution in [0.25, 0.3) is 0 Å². The Morgan fingerprint density at radius 3 is 2.87 bits per heavy atom. The molecule has 15 heavy (non-hydrogen) atoms. The topological polar surface area (TPSA) is 60.8 Å². The van der Waals surface area contributed by atoms with E-state index in [1.165, 1.54) is 0 Å². The molecule has 1 rings (SSSR count). The van der Waals surface area contributed by atoms with Gasteiger partial charge in [-0.05, 0) is 33.2 Å². The fraction of sp³-hybridized carbons (Fsp3) is 0.727. The van der Waals surface area contributed by atoms with E-state index in [0.717, 1.165) is 19.4 Å². The molecule has 86 valence electrons. The number of rotatable bonds is 3. The number of aliphatic carboxylic acids is 1. The molecule has 1 aliphatic rings. The smallest absolute Gasteiger partial charge is 0.330 e. The summed E-state index contributed by atoms with van der Waals surface area (Å²) >= 11 is 0. The van der Waals surface area contributed by atoms with Crippen molar-refractivity contribution < 1.29 is 15.0 Å². The molecule has 0 saturated carbocycles. The van der Waals surface area contributed by atoms with Crippen LogP contribution >= 0.6 is 0 Å². The van der Waals surface area contributed by atoms with Crippen molar-refractivity contribution in [3.8, 4) is 0 Å². The summed E-state index contributed by atoms with van der Waals surface area (Å²) in [4.78, 5) is 12.7. The van der Waals surface area contributed by atoms with E-state index in [2.05, 4.69) is 4.90 Å². The molecule has 4 heteroatoms. The van der Waals surface area contributed by atoms with E-state index in [0.29, 0.717) is 12.1 Å². The molecule has 1 fully saturated rings. The zero-order valence-electron chi connectivity index (χ0n) is 9.31. The lowest BCUT2D eigenvalue weighted by Gasteiger charge is -2.36. The molecular weight excluding hydrogens is 194 g/mol. The molecule has 0 bridgehead atoms. The van der Waals surface area contributed by atoms with Gasteiger partial charge in [-0.25, -0.2) is 4.79 Å². The molecule has 0 spiro atoms. The molecule has 1 heterocycles. The quantitative estimate of drug-likeness (QED) is 0.683. The molecule has 0 aromatic rings. The first-order chi connectivity index (χ1) is 7.02. The van der Waals surface area contributed by atoms with Crippen molar-refractivity contribution in [2.24, 2.45) is 0 Å². The molecule has 0 radical (unpaired) electrons. The SMILES string of the molecule is CC(=CCN1CCCC(O)C1C)C(=O)O. The molecular formula is C11H19NO3. The highest BCUT2D eigenvalue weighted by atomic mass is 16.4. The third-order valence-corrected chi connectivity index (χ3v) is 3.05. The standard InChI is InChI=1S/C11H19NO3/c1-8(11(14)15)5-7-12-6-3-4-10(13)9(12)2/h5,9-10,13H,3-4,6-7H2,1-2H3,(H,14,15). The van der Waals surface area contributed by atoms with E-state index in [-0.39, 0.29) is 12.1 Å². The highest BCUT2D eigenvalue weighted by Crippen LogP contribution is 2.17. The molecule has 4 nitrogen and oxygen atoms in total. The third-order valence-electron chi connectivity index (χ3n) is 3.05. The number of nitrogens with zero attached hydrogens (tertiary/aromatic N) is 1. The Balaban J connectivity index is 2.51. The van der Waals surface area contributed by atoms with Crippen LogP contribution in [0.5, 0.6) is 0 Å². The summed E-state index contributed by atoms with van der Waals surface area (Å²) in [6, 6.07) is 0.122. The number of likely N-dealkylation sites (tertiary alicyclic amines) is 1. The fourth-order valence-electron chi connectivity index (χ4n) is 1.79. The van der Waals surface area contributed by atoms with E-state index in [9.17, 15) is 9.90 Å². The van der Waals surface area contributed by atoms with Crippen molar-refractivity contribution in [3.05, 3.63) is 11.6 Å². The number of hydrogen-bond acceptors (Lipinski definition) is 3. The van der Waals surface area contributed by atoms with Gasteiger partial charge in [0.1, 0.15) is 0 Å². The molecule has 0 aromatic heterocycles. The lowest BCUT2D eigenvalue weighted by atomic mass is 10.0. The molecule has 1 aliphatic heterocycles. The zero-order chi connectivity index (χ0) is 11.4. The van der Waals surface area contributed by atoms with Crippen LogP contribution in [0, 0.1) is 0 Å². The maximum absolute atomic E-state index is 10.6. The number of carboxylic acid groups (broad SMARTS) is 1. The van der Waals surface area contributed by atoms with Gasteiger partial charge in [-0.3, -0.25) is 4.90 Å². The Morgan fingerprint density at radius 2 is 2.27 bits per heavy atom. The normalized spacial score (nSPS) is 29.1. The van der Waals surface area contributed by atoms with Gasteiger partial charge in [0.25, 0.3) is 0 Å². The second-order valence-corrected chi connectivity index (χ2v) is 4.14. The summed E-state index contributed by atoms with van der Waals surface area (Å²) < 4.78 is 0. The number of aliphatic hydroxyl groups is 1. The monoisotopic (exact) mass is 213 g/mol. The van der Waals surface area contributed by atoms with E-state index >= 15 is 0 Å². The first-order valence-corrected chi connectivity index (χ1v) is 5.34. The van der Waals surface area contributed by atoms with Crippen molar-refractivity contribution >= 4 is 5.97 Å². The molecule has 1 saturated heterocycles. The van der Waals surface area contributed by atoms with Gasteiger partial charge in [0.05, 0.1) is 6.10 Å². The van der Waals surface area contributed by atoms with Gasteiger partial charge in [-0.15, -0.1) is 0 Å². The van der Waals surface area contributed by atoms with E-state index < -0.39 is 5.97 Å². The summed E-state index contributed by atoms with van der Waals surface area (Å²) in [6.07, 6.45) is 3.25. The van der Waals surface area contributed by atoms with Gasteiger partial charge in [0.15, 0.2) is 0 Å². The van der Waals surface area contributed by atoms with E-state index in [1.807, 2.05) is 6.92 Å². The Labute approximate surface area is 90.2 Å². The van der Waals surface area contributed by atoms with Gasteiger partial charge in [0.2, 0.25) is 0 Å². The van der Waals surface area contributed by atoms with Gasteiger partial charge in [-0.2, -0.15) is 0 Å². The molecule has 2 unspecified atom stereocenters. The van der Waals surface area contributed by atoms with Crippen molar-refractivity contribution in [1.29, 1.82) is 0 Å². The second-order valence-electron chi connectivity index (χ2n) is 4.14. The summed E-state index contributed by atoms with van der Waals surface area (Å²) in [7, 11) is 0. The number of carbonyl (C=O) groups is 1. The van der Waals surface area contributed by atoms with Crippen molar-refractivity contribution in [1.82, 2.24) is 4.90 Å². The molecule has 0 aliphatic carbocycles. The predicted octanol–water partition coefficient (Wildman–Crippen LogP) is 0.863. The van der Waals surface area contributed by atoms with Crippen LogP contribution in [0.1, 0.15) is 26.7 Å². The molecule has 2 N–H and O–H groups in total. The minimum Gasteiger partial charge on any atom is -0.478 e. The van der Waals surface area contributed by atoms with Crippen LogP contribution in [0.3, 0.4) is 0 Å². The average Bonchev–Trinajstić information content (AvgIpc) is 2.19. The third kappa shape index (κ3) is 3.32. The van der Waals surface area contributed by atoms with Crippen LogP contribution in [0.15, 0.2) is 11.6 Å². The van der Waals surface area contributed by atoms with Gasteiger partial charge >= 0.3 is 5.97 Å². The predicted molar refractivity (Wildman–Crippen MR) is 57.7 cm³/mol. The Morgan fingerprint density at radius 1 is 1.60 bits per heavy atom.